The largest absolute Gasteiger partial charge is 0.337 e. The Morgan fingerprint density at radius 1 is 1.11 bits per heavy atom. The predicted octanol–water partition coefficient (Wildman–Crippen LogP) is 3.15. The van der Waals surface area contributed by atoms with Gasteiger partial charge >= 0.3 is 6.03 Å². The van der Waals surface area contributed by atoms with Crippen LogP contribution in [0.5, 0.6) is 0 Å². The molecule has 0 bridgehead atoms. The number of nitrogens with zero attached hydrogens (tertiary/aromatic N) is 1. The normalized spacial score (nSPS) is 13.3. The first-order valence-corrected chi connectivity index (χ1v) is 10.8. The molecule has 0 saturated carbocycles. The molecular weight excluding hydrogens is 362 g/mol. The molecule has 0 saturated heterocycles. The van der Waals surface area contributed by atoms with Gasteiger partial charge in [-0.15, -0.1) is 0 Å². The van der Waals surface area contributed by atoms with E-state index in [4.69, 9.17) is 0 Å². The summed E-state index contributed by atoms with van der Waals surface area (Å²) >= 11 is 0. The van der Waals surface area contributed by atoms with Gasteiger partial charge in [0.15, 0.2) is 0 Å². The van der Waals surface area contributed by atoms with Crippen molar-refractivity contribution in [2.75, 3.05) is 28.5 Å². The molecule has 2 aromatic rings. The Morgan fingerprint density at radius 3 is 2.59 bits per heavy atom. The highest BCUT2D eigenvalue weighted by Gasteiger charge is 2.28. The van der Waals surface area contributed by atoms with Gasteiger partial charge in [-0.1, -0.05) is 43.7 Å². The maximum absolute atomic E-state index is 12.6. The van der Waals surface area contributed by atoms with Crippen molar-refractivity contribution in [1.82, 2.24) is 5.32 Å². The minimum Gasteiger partial charge on any atom is -0.337 e. The van der Waals surface area contributed by atoms with Crippen molar-refractivity contribution in [1.29, 1.82) is 0 Å². The van der Waals surface area contributed by atoms with E-state index in [9.17, 15) is 13.2 Å². The highest BCUT2D eigenvalue weighted by molar-refractivity contribution is 7.92. The summed E-state index contributed by atoms with van der Waals surface area (Å²) in [6, 6.07) is 14.8. The van der Waals surface area contributed by atoms with E-state index in [0.29, 0.717) is 12.2 Å². The van der Waals surface area contributed by atoms with Gasteiger partial charge in [0.05, 0.1) is 11.4 Å². The second-order valence-electron chi connectivity index (χ2n) is 6.59. The summed E-state index contributed by atoms with van der Waals surface area (Å²) in [7, 11) is -3.46. The van der Waals surface area contributed by atoms with Crippen LogP contribution in [0.4, 0.5) is 16.2 Å². The number of amides is 2. The molecule has 7 heteroatoms. The van der Waals surface area contributed by atoms with E-state index < -0.39 is 16.1 Å². The monoisotopic (exact) mass is 387 g/mol. The molecule has 1 aliphatic heterocycles. The van der Waals surface area contributed by atoms with Gasteiger partial charge < -0.3 is 10.6 Å². The van der Waals surface area contributed by atoms with E-state index in [2.05, 4.69) is 17.6 Å². The van der Waals surface area contributed by atoms with Crippen LogP contribution in [0.2, 0.25) is 0 Å². The van der Waals surface area contributed by atoms with Crippen LogP contribution in [0.25, 0.3) is 0 Å². The number of fused-ring (bicyclic) bond motifs is 1. The lowest BCUT2D eigenvalue weighted by Crippen LogP contribution is -2.38. The number of carbonyl (C=O) groups excluding carboxylic acids is 1. The lowest BCUT2D eigenvalue weighted by molar-refractivity contribution is 0.252. The van der Waals surface area contributed by atoms with Gasteiger partial charge in [0, 0.05) is 18.8 Å². The molecule has 1 aliphatic rings. The van der Waals surface area contributed by atoms with Crippen LogP contribution >= 0.6 is 0 Å². The summed E-state index contributed by atoms with van der Waals surface area (Å²) in [5.41, 5.74) is 3.69. The number of benzene rings is 2. The number of carbonyl (C=O) groups is 1. The van der Waals surface area contributed by atoms with Crippen LogP contribution in [0.3, 0.4) is 0 Å². The zero-order chi connectivity index (χ0) is 19.3. The van der Waals surface area contributed by atoms with E-state index in [1.807, 2.05) is 48.5 Å². The highest BCUT2D eigenvalue weighted by atomic mass is 32.2. The molecule has 0 radical (unpaired) electrons. The molecule has 144 valence electrons. The van der Waals surface area contributed by atoms with Gasteiger partial charge in [-0.05, 0) is 42.2 Å². The molecule has 0 aliphatic carbocycles. The summed E-state index contributed by atoms with van der Waals surface area (Å²) in [6.45, 7) is 2.63. The fraction of sp³-hybridized carbons (Fsp3) is 0.350. The molecule has 3 rings (SSSR count). The Kier molecular flexibility index (Phi) is 6.01. The van der Waals surface area contributed by atoms with Gasteiger partial charge in [-0.2, -0.15) is 0 Å². The first-order valence-electron chi connectivity index (χ1n) is 9.22. The summed E-state index contributed by atoms with van der Waals surface area (Å²) in [5.74, 6) is -0.135. The molecule has 2 N–H and O–H groups in total. The number of urea groups is 1. The fourth-order valence-electron chi connectivity index (χ4n) is 3.22. The first-order chi connectivity index (χ1) is 13.0. The third-order valence-electron chi connectivity index (χ3n) is 4.58. The molecule has 2 amide bonds. The Hall–Kier alpha value is -2.54. The van der Waals surface area contributed by atoms with Gasteiger partial charge in [-0.25, -0.2) is 13.2 Å². The first kappa shape index (κ1) is 19.2. The number of hydrogen-bond acceptors (Lipinski definition) is 3. The van der Waals surface area contributed by atoms with Crippen molar-refractivity contribution in [3.05, 3.63) is 59.7 Å². The van der Waals surface area contributed by atoms with Crippen molar-refractivity contribution < 1.29 is 13.2 Å². The molecule has 0 spiro atoms. The van der Waals surface area contributed by atoms with Crippen molar-refractivity contribution in [3.63, 3.8) is 0 Å². The second-order valence-corrected chi connectivity index (χ2v) is 8.61. The van der Waals surface area contributed by atoms with Crippen molar-refractivity contribution in [2.45, 2.75) is 26.2 Å². The number of nitrogens with one attached hydrogen (secondary N) is 2. The Balaban J connectivity index is 1.49. The third-order valence-corrected chi connectivity index (χ3v) is 6.35. The lowest BCUT2D eigenvalue weighted by Gasteiger charge is -2.19. The van der Waals surface area contributed by atoms with Crippen molar-refractivity contribution >= 4 is 27.4 Å². The number of sulfonamides is 1. The average Bonchev–Trinajstić information content (AvgIpc) is 3.08. The average molecular weight is 388 g/mol. The van der Waals surface area contributed by atoms with Gasteiger partial charge in [0.1, 0.15) is 0 Å². The number of para-hydroxylation sites is 1. The van der Waals surface area contributed by atoms with Crippen molar-refractivity contribution in [3.8, 4) is 0 Å². The third kappa shape index (κ3) is 4.80. The van der Waals surface area contributed by atoms with Crippen LogP contribution in [0.1, 0.15) is 24.5 Å². The molecule has 0 aromatic heterocycles. The van der Waals surface area contributed by atoms with E-state index in [1.54, 1.807) is 0 Å². The standard InChI is InChI=1S/C20H25N3O3S/c1-2-5-16-8-10-18(11-9-16)22-20(24)21-13-15-27(25,26)23-14-12-17-6-3-4-7-19(17)23/h3-4,6-11H,2,5,12-15H2,1H3,(H2,21,22,24). The molecule has 27 heavy (non-hydrogen) atoms. The smallest absolute Gasteiger partial charge is 0.319 e. The molecule has 6 nitrogen and oxygen atoms in total. The van der Waals surface area contributed by atoms with E-state index >= 15 is 0 Å². The molecular formula is C20H25N3O3S. The molecule has 1 heterocycles. The number of hydrogen-bond donors (Lipinski definition) is 2. The SMILES string of the molecule is CCCc1ccc(NC(=O)NCCS(=O)(=O)N2CCc3ccccc32)cc1. The van der Waals surface area contributed by atoms with E-state index in [-0.39, 0.29) is 12.3 Å². The number of aryl methyl sites for hydroxylation is 1. The Labute approximate surface area is 160 Å². The molecule has 0 fully saturated rings. The fourth-order valence-corrected chi connectivity index (χ4v) is 4.65. The lowest BCUT2D eigenvalue weighted by atomic mass is 10.1. The zero-order valence-corrected chi connectivity index (χ0v) is 16.3. The zero-order valence-electron chi connectivity index (χ0n) is 15.4. The summed E-state index contributed by atoms with van der Waals surface area (Å²) in [6.07, 6.45) is 2.80. The van der Waals surface area contributed by atoms with Crippen LogP contribution in [-0.4, -0.2) is 33.3 Å². The van der Waals surface area contributed by atoms with Crippen LogP contribution in [0, 0.1) is 0 Å². The Morgan fingerprint density at radius 2 is 1.85 bits per heavy atom. The highest BCUT2D eigenvalue weighted by Crippen LogP contribution is 2.29. The topological polar surface area (TPSA) is 78.5 Å². The number of rotatable bonds is 7. The molecule has 0 unspecified atom stereocenters. The van der Waals surface area contributed by atoms with Crippen molar-refractivity contribution in [2.24, 2.45) is 0 Å². The minimum absolute atomic E-state index is 0.0563. The van der Waals surface area contributed by atoms with E-state index in [1.165, 1.54) is 9.87 Å². The van der Waals surface area contributed by atoms with E-state index in [0.717, 1.165) is 30.5 Å². The van der Waals surface area contributed by atoms with Gasteiger partial charge in [-0.3, -0.25) is 4.31 Å². The summed E-state index contributed by atoms with van der Waals surface area (Å²) in [4.78, 5) is 12.0. The van der Waals surface area contributed by atoms with Crippen LogP contribution in [0.15, 0.2) is 48.5 Å². The Bertz CT molecular complexity index is 895. The molecule has 0 atom stereocenters. The quantitative estimate of drug-likeness (QED) is 0.766. The summed E-state index contributed by atoms with van der Waals surface area (Å²) in [5, 5.41) is 5.34. The molecule has 2 aromatic carbocycles. The van der Waals surface area contributed by atoms with Gasteiger partial charge in [0.2, 0.25) is 10.0 Å². The van der Waals surface area contributed by atoms with Gasteiger partial charge in [0.25, 0.3) is 0 Å². The van der Waals surface area contributed by atoms with Crippen LogP contribution < -0.4 is 14.9 Å². The van der Waals surface area contributed by atoms with Crippen LogP contribution in [-0.2, 0) is 22.9 Å². The summed E-state index contributed by atoms with van der Waals surface area (Å²) < 4.78 is 26.6. The minimum atomic E-state index is -3.46. The maximum Gasteiger partial charge on any atom is 0.319 e. The predicted molar refractivity (Wildman–Crippen MR) is 109 cm³/mol. The number of anilines is 2. The maximum atomic E-state index is 12.6. The second kappa shape index (κ2) is 8.43.